The Hall–Kier alpha value is -2.31. The lowest BCUT2D eigenvalue weighted by molar-refractivity contribution is -0.113. The van der Waals surface area contributed by atoms with Gasteiger partial charge in [0.05, 0.1) is 22.5 Å². The molecule has 7 heteroatoms. The van der Waals surface area contributed by atoms with Crippen LogP contribution in [0.4, 0.5) is 5.69 Å². The third kappa shape index (κ3) is 3.23. The molecule has 1 atom stereocenters. The minimum atomic E-state index is -0.457. The van der Waals surface area contributed by atoms with Crippen molar-refractivity contribution >= 4 is 40.5 Å². The van der Waals surface area contributed by atoms with E-state index in [2.05, 4.69) is 16.0 Å². The van der Waals surface area contributed by atoms with Crippen molar-refractivity contribution in [3.8, 4) is 0 Å². The summed E-state index contributed by atoms with van der Waals surface area (Å²) in [5.74, 6) is 0.331. The molecule has 1 aromatic carbocycles. The summed E-state index contributed by atoms with van der Waals surface area (Å²) in [5.41, 5.74) is 1.71. The fourth-order valence-electron chi connectivity index (χ4n) is 2.42. The Labute approximate surface area is 143 Å². The van der Waals surface area contributed by atoms with Crippen LogP contribution < -0.4 is 16.0 Å². The number of carbonyl (C=O) groups is 1. The van der Waals surface area contributed by atoms with Gasteiger partial charge in [-0.1, -0.05) is 23.7 Å². The molecule has 0 saturated heterocycles. The number of nitrogens with one attached hydrogen (secondary N) is 3. The number of rotatable bonds is 3. The lowest BCUT2D eigenvalue weighted by atomic mass is 10.00. The van der Waals surface area contributed by atoms with Gasteiger partial charge in [0.15, 0.2) is 5.11 Å². The van der Waals surface area contributed by atoms with Crippen LogP contribution in [0.2, 0.25) is 5.02 Å². The molecule has 0 spiro atoms. The molecule has 0 bridgehead atoms. The summed E-state index contributed by atoms with van der Waals surface area (Å²) in [6.45, 7) is 1.80. The van der Waals surface area contributed by atoms with Gasteiger partial charge in [0, 0.05) is 5.70 Å². The normalized spacial score (nSPS) is 17.5. The summed E-state index contributed by atoms with van der Waals surface area (Å²) in [4.78, 5) is 12.7. The first-order valence-corrected chi connectivity index (χ1v) is 7.72. The highest BCUT2D eigenvalue weighted by atomic mass is 35.5. The highest BCUT2D eigenvalue weighted by Gasteiger charge is 2.31. The molecule has 1 aromatic heterocycles. The minimum absolute atomic E-state index is 0.278. The summed E-state index contributed by atoms with van der Waals surface area (Å²) in [7, 11) is 0. The molecule has 0 fully saturated rings. The third-order valence-corrected chi connectivity index (χ3v) is 4.01. The second-order valence-corrected chi connectivity index (χ2v) is 5.83. The zero-order valence-corrected chi connectivity index (χ0v) is 13.8. The highest BCUT2D eigenvalue weighted by molar-refractivity contribution is 7.80. The summed E-state index contributed by atoms with van der Waals surface area (Å²) in [6.07, 6.45) is 1.56. The number of amides is 1. The van der Waals surface area contributed by atoms with Crippen molar-refractivity contribution in [2.75, 3.05) is 5.32 Å². The van der Waals surface area contributed by atoms with E-state index in [0.29, 0.717) is 32.9 Å². The Bertz CT molecular complexity index is 786. The molecule has 1 amide bonds. The molecular formula is C16H14ClN3O2S. The zero-order valence-electron chi connectivity index (χ0n) is 12.2. The van der Waals surface area contributed by atoms with Crippen molar-refractivity contribution in [3.63, 3.8) is 0 Å². The lowest BCUT2D eigenvalue weighted by Crippen LogP contribution is -2.45. The molecule has 118 valence electrons. The average molecular weight is 348 g/mol. The second kappa shape index (κ2) is 6.44. The minimum Gasteiger partial charge on any atom is -0.467 e. The molecule has 2 aromatic rings. The Morgan fingerprint density at radius 2 is 2.09 bits per heavy atom. The number of hydrogen-bond donors (Lipinski definition) is 3. The van der Waals surface area contributed by atoms with E-state index >= 15 is 0 Å². The Morgan fingerprint density at radius 1 is 1.30 bits per heavy atom. The highest BCUT2D eigenvalue weighted by Crippen LogP contribution is 2.29. The quantitative estimate of drug-likeness (QED) is 0.743. The monoisotopic (exact) mass is 347 g/mol. The van der Waals surface area contributed by atoms with Crippen molar-refractivity contribution in [3.05, 3.63) is 64.7 Å². The molecule has 2 heterocycles. The maximum Gasteiger partial charge on any atom is 0.255 e. The number of thiocarbonyl (C=S) groups is 1. The van der Waals surface area contributed by atoms with Crippen LogP contribution in [0.25, 0.3) is 0 Å². The van der Waals surface area contributed by atoms with E-state index in [0.717, 1.165) is 0 Å². The first kappa shape index (κ1) is 15.6. The van der Waals surface area contributed by atoms with E-state index in [9.17, 15) is 4.79 Å². The van der Waals surface area contributed by atoms with Gasteiger partial charge < -0.3 is 20.4 Å². The number of furan rings is 1. The number of allylic oxidation sites excluding steroid dienone is 1. The molecule has 1 aliphatic heterocycles. The van der Waals surface area contributed by atoms with Gasteiger partial charge in [0.2, 0.25) is 0 Å². The van der Waals surface area contributed by atoms with Gasteiger partial charge in [-0.05, 0) is 43.4 Å². The molecule has 1 unspecified atom stereocenters. The summed E-state index contributed by atoms with van der Waals surface area (Å²) < 4.78 is 5.43. The second-order valence-electron chi connectivity index (χ2n) is 5.02. The first-order valence-electron chi connectivity index (χ1n) is 6.94. The van der Waals surface area contributed by atoms with E-state index < -0.39 is 6.04 Å². The number of halogens is 1. The zero-order chi connectivity index (χ0) is 16.4. The van der Waals surface area contributed by atoms with Crippen molar-refractivity contribution in [2.24, 2.45) is 0 Å². The van der Waals surface area contributed by atoms with Crippen LogP contribution in [0, 0.1) is 0 Å². The van der Waals surface area contributed by atoms with Gasteiger partial charge >= 0.3 is 0 Å². The van der Waals surface area contributed by atoms with Crippen LogP contribution in [0.5, 0.6) is 0 Å². The summed E-state index contributed by atoms with van der Waals surface area (Å²) >= 11 is 11.3. The predicted octanol–water partition coefficient (Wildman–Crippen LogP) is 3.36. The predicted molar refractivity (Wildman–Crippen MR) is 93.1 cm³/mol. The molecule has 3 N–H and O–H groups in total. The largest absolute Gasteiger partial charge is 0.467 e. The standard InChI is InChI=1S/C16H14ClN3O2S/c1-9-13(15(21)19-11-6-3-2-5-10(11)17)14(20-16(23)18-9)12-7-4-8-22-12/h2-8,14H,1H3,(H,19,21)(H2,18,20,23). The molecule has 1 aliphatic rings. The molecule has 3 rings (SSSR count). The Morgan fingerprint density at radius 3 is 2.78 bits per heavy atom. The van der Waals surface area contributed by atoms with Crippen LogP contribution in [-0.4, -0.2) is 11.0 Å². The molecular weight excluding hydrogens is 334 g/mol. The molecule has 23 heavy (non-hydrogen) atoms. The first-order chi connectivity index (χ1) is 11.1. The van der Waals surface area contributed by atoms with Crippen molar-refractivity contribution < 1.29 is 9.21 Å². The maximum atomic E-state index is 12.7. The van der Waals surface area contributed by atoms with E-state index in [-0.39, 0.29) is 5.91 Å². The van der Waals surface area contributed by atoms with Gasteiger partial charge in [-0.3, -0.25) is 4.79 Å². The average Bonchev–Trinajstić information content (AvgIpc) is 3.03. The number of anilines is 1. The Balaban J connectivity index is 1.94. The van der Waals surface area contributed by atoms with Crippen LogP contribution >= 0.6 is 23.8 Å². The molecule has 0 saturated carbocycles. The van der Waals surface area contributed by atoms with Gasteiger partial charge in [-0.25, -0.2) is 0 Å². The van der Waals surface area contributed by atoms with Crippen LogP contribution in [0.3, 0.4) is 0 Å². The van der Waals surface area contributed by atoms with Gasteiger partial charge in [-0.15, -0.1) is 0 Å². The fourth-order valence-corrected chi connectivity index (χ4v) is 2.87. The molecule has 5 nitrogen and oxygen atoms in total. The molecule has 0 aliphatic carbocycles. The topological polar surface area (TPSA) is 66.3 Å². The van der Waals surface area contributed by atoms with Gasteiger partial charge in [0.25, 0.3) is 5.91 Å². The SMILES string of the molecule is CC1=C(C(=O)Nc2ccccc2Cl)C(c2ccco2)NC(=S)N1. The Kier molecular flexibility index (Phi) is 4.36. The van der Waals surface area contributed by atoms with Crippen molar-refractivity contribution in [2.45, 2.75) is 13.0 Å². The lowest BCUT2D eigenvalue weighted by Gasteiger charge is -2.28. The van der Waals surface area contributed by atoms with Crippen LogP contribution in [0.15, 0.2) is 58.3 Å². The molecule has 0 radical (unpaired) electrons. The third-order valence-electron chi connectivity index (χ3n) is 3.46. The van der Waals surface area contributed by atoms with Gasteiger partial charge in [-0.2, -0.15) is 0 Å². The van der Waals surface area contributed by atoms with E-state index in [1.807, 2.05) is 0 Å². The summed E-state index contributed by atoms with van der Waals surface area (Å²) in [5, 5.41) is 9.76. The number of benzene rings is 1. The number of carbonyl (C=O) groups excluding carboxylic acids is 1. The fraction of sp³-hybridized carbons (Fsp3) is 0.125. The number of hydrogen-bond acceptors (Lipinski definition) is 3. The van der Waals surface area contributed by atoms with E-state index in [4.69, 9.17) is 28.2 Å². The summed E-state index contributed by atoms with van der Waals surface area (Å²) in [6, 6.07) is 10.2. The van der Waals surface area contributed by atoms with E-state index in [1.54, 1.807) is 49.6 Å². The maximum absolute atomic E-state index is 12.7. The van der Waals surface area contributed by atoms with Crippen LogP contribution in [-0.2, 0) is 4.79 Å². The van der Waals surface area contributed by atoms with Gasteiger partial charge in [0.1, 0.15) is 11.8 Å². The van der Waals surface area contributed by atoms with Crippen LogP contribution in [0.1, 0.15) is 18.7 Å². The van der Waals surface area contributed by atoms with E-state index in [1.165, 1.54) is 0 Å². The van der Waals surface area contributed by atoms with Crippen molar-refractivity contribution in [1.82, 2.24) is 10.6 Å². The number of para-hydroxylation sites is 1. The van der Waals surface area contributed by atoms with Crippen molar-refractivity contribution in [1.29, 1.82) is 0 Å². The smallest absolute Gasteiger partial charge is 0.255 e.